The van der Waals surface area contributed by atoms with E-state index in [-0.39, 0.29) is 51.8 Å². The van der Waals surface area contributed by atoms with Gasteiger partial charge in [0.25, 0.3) is 0 Å². The molecule has 0 aromatic heterocycles. The number of aliphatic hydroxyl groups excluding tert-OH is 2. The molecule has 0 bridgehead atoms. The number of ether oxygens (including phenoxy) is 12. The molecule has 82 heavy (non-hydrogen) atoms. The zero-order chi connectivity index (χ0) is 56.5. The van der Waals surface area contributed by atoms with Gasteiger partial charge in [0.15, 0.2) is 25.0 Å². The van der Waals surface area contributed by atoms with Crippen molar-refractivity contribution >= 4 is 5.97 Å². The van der Waals surface area contributed by atoms with Crippen LogP contribution in [-0.4, -0.2) is 115 Å². The van der Waals surface area contributed by atoms with Gasteiger partial charge in [-0.1, -0.05) is 200 Å². The number of esters is 1. The first-order valence-electron chi connectivity index (χ1n) is 28.0. The number of rotatable bonds is 25. The molecule has 7 aromatic carbocycles. The first-order chi connectivity index (χ1) is 40.2. The van der Waals surface area contributed by atoms with Crippen molar-refractivity contribution in [1.82, 2.24) is 0 Å². The molecule has 2 N–H and O–H groups in total. The predicted octanol–water partition coefficient (Wildman–Crippen LogP) is 9.69. The average Bonchev–Trinajstić information content (AvgIpc) is 3.63. The fourth-order valence-corrected chi connectivity index (χ4v) is 10.4. The Hall–Kier alpha value is -6.51. The molecule has 0 amide bonds. The van der Waals surface area contributed by atoms with Crippen molar-refractivity contribution in [1.29, 1.82) is 0 Å². The second kappa shape index (κ2) is 29.6. The Morgan fingerprint density at radius 2 is 0.756 bits per heavy atom. The van der Waals surface area contributed by atoms with Gasteiger partial charge >= 0.3 is 5.97 Å². The lowest BCUT2D eigenvalue weighted by Gasteiger charge is -2.50. The minimum absolute atomic E-state index is 0.0371. The van der Waals surface area contributed by atoms with Gasteiger partial charge in [-0.25, -0.2) is 4.79 Å². The molecule has 430 valence electrons. The van der Waals surface area contributed by atoms with Crippen LogP contribution < -0.4 is 0 Å². The summed E-state index contributed by atoms with van der Waals surface area (Å²) in [6.07, 6.45) is -17.3. The summed E-state index contributed by atoms with van der Waals surface area (Å²) in [5, 5.41) is 24.6. The van der Waals surface area contributed by atoms with Crippen LogP contribution in [0.2, 0.25) is 0 Å². The molecule has 3 aliphatic rings. The van der Waals surface area contributed by atoms with Crippen LogP contribution in [0.4, 0.5) is 0 Å². The highest BCUT2D eigenvalue weighted by molar-refractivity contribution is 5.89. The third-order valence-corrected chi connectivity index (χ3v) is 14.7. The monoisotopic (exact) mass is 1120 g/mol. The fourth-order valence-electron chi connectivity index (χ4n) is 10.4. The maximum Gasteiger partial charge on any atom is 0.338 e. The van der Waals surface area contributed by atoms with E-state index >= 15 is 0 Å². The number of hydrogen-bond acceptors (Lipinski definition) is 15. The van der Waals surface area contributed by atoms with Crippen LogP contribution in [0, 0.1) is 0 Å². The summed E-state index contributed by atoms with van der Waals surface area (Å²) < 4.78 is 81.0. The van der Waals surface area contributed by atoms with Crippen molar-refractivity contribution in [2.75, 3.05) is 6.61 Å². The normalized spacial score (nSPS) is 28.3. The van der Waals surface area contributed by atoms with E-state index in [1.165, 1.54) is 0 Å². The van der Waals surface area contributed by atoms with Gasteiger partial charge in [-0.3, -0.25) is 0 Å². The van der Waals surface area contributed by atoms with Crippen molar-refractivity contribution in [2.24, 2.45) is 0 Å². The van der Waals surface area contributed by atoms with E-state index in [1.54, 1.807) is 37.3 Å². The number of benzene rings is 7. The van der Waals surface area contributed by atoms with Gasteiger partial charge in [0.2, 0.25) is 0 Å². The van der Waals surface area contributed by atoms with Crippen LogP contribution in [-0.2, 0) is 96.5 Å². The Bertz CT molecular complexity index is 2930. The zero-order valence-corrected chi connectivity index (χ0v) is 46.0. The number of carbonyl (C=O) groups is 1. The van der Waals surface area contributed by atoms with E-state index in [0.717, 1.165) is 33.4 Å². The Morgan fingerprint density at radius 1 is 0.378 bits per heavy atom. The van der Waals surface area contributed by atoms with Crippen LogP contribution in [0.15, 0.2) is 212 Å². The highest BCUT2D eigenvalue weighted by Crippen LogP contribution is 2.38. The van der Waals surface area contributed by atoms with Crippen molar-refractivity contribution in [2.45, 2.75) is 146 Å². The third-order valence-electron chi connectivity index (χ3n) is 14.7. The molecular weight excluding hydrogens is 1040 g/mol. The van der Waals surface area contributed by atoms with E-state index in [1.807, 2.05) is 189 Å². The highest BCUT2D eigenvalue weighted by Gasteiger charge is 2.56. The van der Waals surface area contributed by atoms with Gasteiger partial charge in [-0.2, -0.15) is 0 Å². The molecule has 0 aliphatic carbocycles. The number of carbonyl (C=O) groups excluding carboxylic acids is 1. The van der Waals surface area contributed by atoms with Crippen molar-refractivity contribution < 1.29 is 71.8 Å². The minimum Gasteiger partial charge on any atom is -0.450 e. The maximum atomic E-state index is 14.2. The average molecular weight is 1120 g/mol. The summed E-state index contributed by atoms with van der Waals surface area (Å²) in [5.41, 5.74) is 5.67. The van der Waals surface area contributed by atoms with E-state index in [9.17, 15) is 15.0 Å². The molecule has 0 unspecified atom stereocenters. The fraction of sp³-hybridized carbons (Fsp3) is 0.358. The molecule has 0 spiro atoms. The Labute approximate surface area is 479 Å². The van der Waals surface area contributed by atoms with Gasteiger partial charge in [-0.15, -0.1) is 0 Å². The van der Waals surface area contributed by atoms with Crippen LogP contribution in [0.1, 0.15) is 57.6 Å². The van der Waals surface area contributed by atoms with Gasteiger partial charge in [0, 0.05) is 0 Å². The van der Waals surface area contributed by atoms with Crippen molar-refractivity contribution in [3.63, 3.8) is 0 Å². The molecule has 3 fully saturated rings. The molecule has 0 radical (unpaired) electrons. The lowest BCUT2D eigenvalue weighted by atomic mass is 9.95. The molecule has 15 heteroatoms. The van der Waals surface area contributed by atoms with Gasteiger partial charge in [0.05, 0.1) is 64.0 Å². The molecule has 3 heterocycles. The van der Waals surface area contributed by atoms with Crippen molar-refractivity contribution in [3.05, 3.63) is 251 Å². The molecule has 3 saturated heterocycles. The third kappa shape index (κ3) is 15.8. The van der Waals surface area contributed by atoms with E-state index in [2.05, 4.69) is 0 Å². The molecule has 15 nitrogen and oxygen atoms in total. The predicted molar refractivity (Wildman–Crippen MR) is 302 cm³/mol. The standard InChI is InChI=1S/C67H72O15/c1-45-56(72-39-48-26-12-4-13-27-48)59(74-41-50-30-16-6-17-31-50)55(68)66(78-45)82-61-57(46(2)77-65(70)62(61)80-64(69)53-36-22-9-23-37-53)81-67-63(76-43-52-34-20-8-21-35-52)60(75-42-51-32-18-7-19-33-51)58(73-40-49-28-14-5-15-29-49)54(79-67)44-71-38-47-24-10-3-11-25-47/h3-37,45-46,54-63,65-68,70H,38-44H2,1-2H3/t45-,46-,54+,55+,56-,57-,58+,59-,60-,61+,62+,63+,65+,66-,67+/m0/s1. The molecule has 15 atom stereocenters. The van der Waals surface area contributed by atoms with Crippen LogP contribution in [0.3, 0.4) is 0 Å². The van der Waals surface area contributed by atoms with Crippen LogP contribution in [0.5, 0.6) is 0 Å². The molecule has 3 aliphatic heterocycles. The lowest BCUT2D eigenvalue weighted by Crippen LogP contribution is -2.67. The molecule has 0 saturated carbocycles. The lowest BCUT2D eigenvalue weighted by molar-refractivity contribution is -0.387. The van der Waals surface area contributed by atoms with Gasteiger partial charge in [-0.05, 0) is 59.4 Å². The summed E-state index contributed by atoms with van der Waals surface area (Å²) in [4.78, 5) is 14.2. The van der Waals surface area contributed by atoms with Gasteiger partial charge in [0.1, 0.15) is 54.9 Å². The van der Waals surface area contributed by atoms with Crippen molar-refractivity contribution in [3.8, 4) is 0 Å². The van der Waals surface area contributed by atoms with E-state index in [0.29, 0.717) is 0 Å². The second-order valence-corrected chi connectivity index (χ2v) is 20.7. The first kappa shape index (κ1) is 58.7. The highest BCUT2D eigenvalue weighted by atomic mass is 16.8. The topological polar surface area (TPSA) is 168 Å². The summed E-state index contributed by atoms with van der Waals surface area (Å²) >= 11 is 0. The Balaban J connectivity index is 1.01. The SMILES string of the molecule is C[C@@H]1O[C@@H](O)[C@H](OC(=O)c2ccccc2)[C@H](O[C@@H]2O[C@@H](C)[C@H](OCc3ccccc3)[C@@H](OCc3ccccc3)[C@H]2O)[C@H]1O[C@H]1O[C@H](COCc2ccccc2)[C@@H](OCc2ccccc2)[C@H](OCc2ccccc2)[C@H]1OCc1ccccc1. The largest absolute Gasteiger partial charge is 0.450 e. The summed E-state index contributed by atoms with van der Waals surface area (Å²) in [7, 11) is 0. The second-order valence-electron chi connectivity index (χ2n) is 20.7. The Morgan fingerprint density at radius 3 is 1.23 bits per heavy atom. The Kier molecular flexibility index (Phi) is 21.2. The molecule has 7 aromatic rings. The van der Waals surface area contributed by atoms with Gasteiger partial charge < -0.3 is 67.1 Å². The molecular formula is C67H72O15. The summed E-state index contributed by atoms with van der Waals surface area (Å²) in [6, 6.07) is 66.9. The number of aliphatic hydroxyl groups is 2. The minimum atomic E-state index is -1.74. The smallest absolute Gasteiger partial charge is 0.338 e. The summed E-state index contributed by atoms with van der Waals surface area (Å²) in [6.45, 7) is 4.66. The zero-order valence-electron chi connectivity index (χ0n) is 46.0. The quantitative estimate of drug-likeness (QED) is 0.0519. The van der Waals surface area contributed by atoms with Crippen LogP contribution >= 0.6 is 0 Å². The maximum absolute atomic E-state index is 14.2. The summed E-state index contributed by atoms with van der Waals surface area (Å²) in [5.74, 6) is -0.770. The van der Waals surface area contributed by atoms with E-state index in [4.69, 9.17) is 56.8 Å². The first-order valence-corrected chi connectivity index (χ1v) is 28.0. The van der Waals surface area contributed by atoms with E-state index < -0.39 is 98.1 Å². The number of hydrogen-bond donors (Lipinski definition) is 2. The van der Waals surface area contributed by atoms with Crippen LogP contribution in [0.25, 0.3) is 0 Å². The molecule has 10 rings (SSSR count).